The van der Waals surface area contributed by atoms with Gasteiger partial charge in [0, 0.05) is 23.1 Å². The monoisotopic (exact) mass is 261 g/mol. The van der Waals surface area contributed by atoms with Crippen molar-refractivity contribution in [3.8, 4) is 0 Å². The van der Waals surface area contributed by atoms with E-state index >= 15 is 0 Å². The van der Waals surface area contributed by atoms with Gasteiger partial charge in [0.05, 0.1) is 0 Å². The van der Waals surface area contributed by atoms with Gasteiger partial charge in [-0.1, -0.05) is 35.9 Å². The second-order valence-corrected chi connectivity index (χ2v) is 5.03. The summed E-state index contributed by atoms with van der Waals surface area (Å²) in [7, 11) is 1.17. The average molecular weight is 261 g/mol. The average Bonchev–Trinajstić information content (AvgIpc) is 2.47. The summed E-state index contributed by atoms with van der Waals surface area (Å²) in [5.74, 6) is 0. The van der Waals surface area contributed by atoms with Crippen molar-refractivity contribution in [3.05, 3.63) is 71.9 Å². The topological polar surface area (TPSA) is 24.1 Å². The lowest BCUT2D eigenvalue weighted by Gasteiger charge is -2.05. The fourth-order valence-corrected chi connectivity index (χ4v) is 2.53. The third-order valence-corrected chi connectivity index (χ3v) is 3.57. The van der Waals surface area contributed by atoms with Crippen LogP contribution in [-0.4, -0.2) is 12.5 Å². The van der Waals surface area contributed by atoms with Crippen LogP contribution in [0.15, 0.2) is 60.8 Å². The number of benzene rings is 2. The summed E-state index contributed by atoms with van der Waals surface area (Å²) in [6.07, 6.45) is 2.08. The fraction of sp³-hybridized carbons (Fsp3) is 0.118. The Balaban J connectivity index is 2.07. The van der Waals surface area contributed by atoms with Crippen LogP contribution < -0.4 is 10.0 Å². The van der Waals surface area contributed by atoms with E-state index in [1.807, 2.05) is 24.3 Å². The number of aromatic nitrogens is 1. The van der Waals surface area contributed by atoms with Crippen LogP contribution in [0.4, 0.5) is 0 Å². The highest BCUT2D eigenvalue weighted by atomic mass is 16.2. The molecule has 2 aromatic carbocycles. The molecule has 0 saturated carbocycles. The number of nitrogens with zero attached hydrogens (tertiary/aromatic N) is 1. The third-order valence-electron chi connectivity index (χ3n) is 3.57. The molecule has 2 nitrogen and oxygen atoms in total. The van der Waals surface area contributed by atoms with Crippen molar-refractivity contribution in [2.75, 3.05) is 0 Å². The van der Waals surface area contributed by atoms with Crippen LogP contribution in [0.1, 0.15) is 11.1 Å². The number of rotatable bonds is 3. The second kappa shape index (κ2) is 5.47. The van der Waals surface area contributed by atoms with Crippen LogP contribution in [0.5, 0.6) is 0 Å². The fourth-order valence-electron chi connectivity index (χ4n) is 2.53. The van der Waals surface area contributed by atoms with Gasteiger partial charge < -0.3 is 5.02 Å². The first-order valence-corrected chi connectivity index (χ1v) is 6.72. The molecule has 3 aromatic rings. The Hall–Kier alpha value is -2.13. The zero-order valence-electron chi connectivity index (χ0n) is 11.5. The first kappa shape index (κ1) is 12.9. The van der Waals surface area contributed by atoms with E-state index in [9.17, 15) is 5.02 Å². The van der Waals surface area contributed by atoms with Gasteiger partial charge in [0.1, 0.15) is 0 Å². The van der Waals surface area contributed by atoms with Crippen molar-refractivity contribution in [2.24, 2.45) is 0 Å². The molecule has 0 amide bonds. The van der Waals surface area contributed by atoms with Crippen molar-refractivity contribution in [1.29, 1.82) is 0 Å². The lowest BCUT2D eigenvalue weighted by atomic mass is 9.84. The molecular weight excluding hydrogens is 245 g/mol. The molecule has 3 heteroatoms. The Bertz CT molecular complexity index is 755. The normalized spacial score (nSPS) is 10.7. The van der Waals surface area contributed by atoms with Gasteiger partial charge in [0.25, 0.3) is 0 Å². The van der Waals surface area contributed by atoms with E-state index < -0.39 is 0 Å². The van der Waals surface area contributed by atoms with Crippen LogP contribution in [0.3, 0.4) is 0 Å². The van der Waals surface area contributed by atoms with E-state index in [1.165, 1.54) is 23.9 Å². The molecule has 0 bridgehead atoms. The van der Waals surface area contributed by atoms with E-state index in [0.717, 1.165) is 17.6 Å². The summed E-state index contributed by atoms with van der Waals surface area (Å²) in [5.41, 5.74) is 4.43. The molecule has 1 aromatic heterocycles. The molecule has 0 aliphatic rings. The first-order valence-electron chi connectivity index (χ1n) is 6.72. The van der Waals surface area contributed by atoms with Crippen LogP contribution in [0, 0.1) is 6.92 Å². The maximum atomic E-state index is 9.31. The minimum atomic E-state index is 0.744. The third kappa shape index (κ3) is 2.45. The van der Waals surface area contributed by atoms with Crippen molar-refractivity contribution < 1.29 is 9.59 Å². The number of pyridine rings is 1. The van der Waals surface area contributed by atoms with E-state index in [0.29, 0.717) is 0 Å². The zero-order chi connectivity index (χ0) is 13.9. The van der Waals surface area contributed by atoms with Gasteiger partial charge in [-0.2, -0.15) is 4.57 Å². The van der Waals surface area contributed by atoms with Gasteiger partial charge in [-0.3, -0.25) is 0 Å². The Labute approximate surface area is 119 Å². The molecule has 0 atom stereocenters. The Morgan fingerprint density at radius 1 is 1.05 bits per heavy atom. The number of hydrogen-bond acceptors (Lipinski definition) is 1. The smallest absolute Gasteiger partial charge is 0.327 e. The van der Waals surface area contributed by atoms with Crippen LogP contribution in [-0.2, 0) is 6.54 Å². The van der Waals surface area contributed by atoms with Gasteiger partial charge >= 0.3 is 7.48 Å². The highest BCUT2D eigenvalue weighted by molar-refractivity contribution is 6.46. The summed E-state index contributed by atoms with van der Waals surface area (Å²) in [4.78, 5) is 0. The van der Waals surface area contributed by atoms with Gasteiger partial charge in [-0.25, -0.2) is 0 Å². The maximum Gasteiger partial charge on any atom is 0.327 e. The van der Waals surface area contributed by atoms with Crippen molar-refractivity contribution >= 4 is 23.8 Å². The minimum absolute atomic E-state index is 0.744. The predicted molar refractivity (Wildman–Crippen MR) is 82.0 cm³/mol. The molecule has 97 valence electrons. The highest BCUT2D eigenvalue weighted by Crippen LogP contribution is 2.12. The minimum Gasteiger partial charge on any atom is -0.450 e. The SMILES string of the molecule is Cc1ccc2c(ccc[n+]2Cc2ccccc2[B]O)c1. The summed E-state index contributed by atoms with van der Waals surface area (Å²) in [6.45, 7) is 2.85. The Morgan fingerprint density at radius 3 is 2.75 bits per heavy atom. The highest BCUT2D eigenvalue weighted by Gasteiger charge is 2.11. The molecule has 0 aliphatic heterocycles. The van der Waals surface area contributed by atoms with Crippen LogP contribution >= 0.6 is 0 Å². The van der Waals surface area contributed by atoms with Gasteiger partial charge in [-0.05, 0) is 24.5 Å². The largest absolute Gasteiger partial charge is 0.450 e. The molecule has 1 N–H and O–H groups in total. The van der Waals surface area contributed by atoms with Crippen LogP contribution in [0.25, 0.3) is 10.9 Å². The van der Waals surface area contributed by atoms with E-state index in [2.05, 4.69) is 48.0 Å². The lowest BCUT2D eigenvalue weighted by molar-refractivity contribution is -0.662. The van der Waals surface area contributed by atoms with Crippen molar-refractivity contribution in [2.45, 2.75) is 13.5 Å². The first-order chi connectivity index (χ1) is 9.78. The molecule has 1 heterocycles. The quantitative estimate of drug-likeness (QED) is 0.563. The molecule has 0 aliphatic carbocycles. The standard InChI is InChI=1S/C17H16BNO/c1-13-8-9-17-14(11-13)6-4-10-19(17)12-15-5-2-3-7-16(15)18-20/h2-11,20H,12H2,1H3/q+1. The van der Waals surface area contributed by atoms with Crippen LogP contribution in [0.2, 0.25) is 0 Å². The number of aryl methyl sites for hydroxylation is 1. The molecule has 0 fully saturated rings. The van der Waals surface area contributed by atoms with E-state index in [-0.39, 0.29) is 0 Å². The lowest BCUT2D eigenvalue weighted by Crippen LogP contribution is -2.37. The van der Waals surface area contributed by atoms with Crippen molar-refractivity contribution in [1.82, 2.24) is 0 Å². The number of hydrogen-bond donors (Lipinski definition) is 1. The molecule has 1 radical (unpaired) electrons. The summed E-state index contributed by atoms with van der Waals surface area (Å²) < 4.78 is 2.21. The molecule has 3 rings (SSSR count). The summed E-state index contributed by atoms with van der Waals surface area (Å²) in [6, 6.07) is 18.6. The van der Waals surface area contributed by atoms with Gasteiger partial charge in [-0.15, -0.1) is 0 Å². The molecular formula is C17H16BNO+. The molecule has 0 unspecified atom stereocenters. The summed E-state index contributed by atoms with van der Waals surface area (Å²) >= 11 is 0. The Kier molecular flexibility index (Phi) is 3.53. The van der Waals surface area contributed by atoms with E-state index in [1.54, 1.807) is 0 Å². The summed E-state index contributed by atoms with van der Waals surface area (Å²) in [5, 5.41) is 10.5. The Morgan fingerprint density at radius 2 is 1.90 bits per heavy atom. The van der Waals surface area contributed by atoms with Gasteiger partial charge in [0.15, 0.2) is 12.7 Å². The predicted octanol–water partition coefficient (Wildman–Crippen LogP) is 1.72. The molecule has 20 heavy (non-hydrogen) atoms. The van der Waals surface area contributed by atoms with E-state index in [4.69, 9.17) is 0 Å². The van der Waals surface area contributed by atoms with Crippen molar-refractivity contribution in [3.63, 3.8) is 0 Å². The van der Waals surface area contributed by atoms with Gasteiger partial charge in [0.2, 0.25) is 5.52 Å². The maximum absolute atomic E-state index is 9.31. The second-order valence-electron chi connectivity index (χ2n) is 5.03. The molecule has 0 saturated heterocycles. The molecule has 0 spiro atoms. The zero-order valence-corrected chi connectivity index (χ0v) is 11.5. The number of fused-ring (bicyclic) bond motifs is 1.